The fourth-order valence-electron chi connectivity index (χ4n) is 3.20. The molecule has 178 valence electrons. The summed E-state index contributed by atoms with van der Waals surface area (Å²) in [6.45, 7) is 0. The molecule has 0 bridgehead atoms. The van der Waals surface area contributed by atoms with E-state index in [4.69, 9.17) is 9.15 Å². The van der Waals surface area contributed by atoms with Crippen molar-refractivity contribution in [3.63, 3.8) is 0 Å². The molecule has 0 aliphatic rings. The van der Waals surface area contributed by atoms with E-state index < -0.39 is 22.5 Å². The van der Waals surface area contributed by atoms with Crippen LogP contribution in [0.4, 0.5) is 15.4 Å². The molecule has 0 radical (unpaired) electrons. The first-order valence-electron chi connectivity index (χ1n) is 10.5. The number of ether oxygens (including phenoxy) is 1. The number of carbonyl (C=O) groups excluding carboxylic acids is 1. The Morgan fingerprint density at radius 1 is 1.06 bits per heavy atom. The predicted octanol–water partition coefficient (Wildman–Crippen LogP) is 6.41. The number of nitro groups is 1. The van der Waals surface area contributed by atoms with Gasteiger partial charge in [-0.3, -0.25) is 14.9 Å². The van der Waals surface area contributed by atoms with Gasteiger partial charge < -0.3 is 9.15 Å². The van der Waals surface area contributed by atoms with Crippen LogP contribution in [0.3, 0.4) is 0 Å². The van der Waals surface area contributed by atoms with E-state index in [0.29, 0.717) is 21.7 Å². The molecule has 2 heterocycles. The topological polar surface area (TPSA) is 111 Å². The summed E-state index contributed by atoms with van der Waals surface area (Å²) in [7, 11) is 0. The minimum absolute atomic E-state index is 0.0678. The first-order valence-corrected chi connectivity index (χ1v) is 11.3. The SMILES string of the molecule is O=C(c1ccc(Oc2ccccc2)cc1)N(/N=C/c1ccc([N+](=O)[O-])o1)c1nc2ccc(F)cc2s1. The predicted molar refractivity (Wildman–Crippen MR) is 132 cm³/mol. The second-order valence-corrected chi connectivity index (χ2v) is 8.35. The Morgan fingerprint density at radius 2 is 1.81 bits per heavy atom. The van der Waals surface area contributed by atoms with Crippen molar-refractivity contribution in [2.45, 2.75) is 0 Å². The summed E-state index contributed by atoms with van der Waals surface area (Å²) in [6.07, 6.45) is 1.17. The molecule has 1 amide bonds. The molecule has 5 aromatic rings. The van der Waals surface area contributed by atoms with Gasteiger partial charge in [0.2, 0.25) is 5.13 Å². The van der Waals surface area contributed by atoms with Crippen LogP contribution in [0.15, 0.2) is 94.4 Å². The van der Waals surface area contributed by atoms with Crippen LogP contribution >= 0.6 is 11.3 Å². The Labute approximate surface area is 206 Å². The third-order valence-electron chi connectivity index (χ3n) is 4.89. The van der Waals surface area contributed by atoms with Crippen LogP contribution in [0.2, 0.25) is 0 Å². The van der Waals surface area contributed by atoms with Gasteiger partial charge in [-0.15, -0.1) is 0 Å². The molecule has 3 aromatic carbocycles. The van der Waals surface area contributed by atoms with Crippen molar-refractivity contribution >= 4 is 44.7 Å². The number of nitrogens with zero attached hydrogens (tertiary/aromatic N) is 4. The molecule has 0 saturated carbocycles. The Balaban J connectivity index is 1.46. The van der Waals surface area contributed by atoms with Crippen LogP contribution in [0, 0.1) is 15.9 Å². The van der Waals surface area contributed by atoms with Crippen molar-refractivity contribution in [3.05, 3.63) is 112 Å². The molecule has 0 spiro atoms. The van der Waals surface area contributed by atoms with Gasteiger partial charge in [0, 0.05) is 5.56 Å². The molecule has 0 unspecified atom stereocenters. The number of carbonyl (C=O) groups is 1. The zero-order valence-electron chi connectivity index (χ0n) is 18.3. The average molecular weight is 502 g/mol. The summed E-state index contributed by atoms with van der Waals surface area (Å²) < 4.78 is 25.1. The highest BCUT2D eigenvalue weighted by Gasteiger charge is 2.22. The highest BCUT2D eigenvalue weighted by atomic mass is 32.1. The van der Waals surface area contributed by atoms with Crippen molar-refractivity contribution in [1.29, 1.82) is 0 Å². The number of para-hydroxylation sites is 1. The van der Waals surface area contributed by atoms with Gasteiger partial charge in [0.1, 0.15) is 22.2 Å². The zero-order chi connectivity index (χ0) is 25.1. The molecule has 9 nitrogen and oxygen atoms in total. The summed E-state index contributed by atoms with van der Waals surface area (Å²) in [5.74, 6) is -0.172. The third kappa shape index (κ3) is 4.95. The monoisotopic (exact) mass is 502 g/mol. The highest BCUT2D eigenvalue weighted by molar-refractivity contribution is 7.22. The molecular weight excluding hydrogens is 487 g/mol. The van der Waals surface area contributed by atoms with Crippen molar-refractivity contribution in [3.8, 4) is 11.5 Å². The molecule has 11 heteroatoms. The fraction of sp³-hybridized carbons (Fsp3) is 0. The van der Waals surface area contributed by atoms with Gasteiger partial charge in [0.15, 0.2) is 5.76 Å². The number of fused-ring (bicyclic) bond motifs is 1. The number of thiazole rings is 1. The average Bonchev–Trinajstić information content (AvgIpc) is 3.52. The zero-order valence-corrected chi connectivity index (χ0v) is 19.1. The number of hydrazone groups is 1. The second kappa shape index (κ2) is 9.76. The number of hydrogen-bond donors (Lipinski definition) is 0. The Hall–Kier alpha value is -4.90. The molecule has 0 aliphatic carbocycles. The molecule has 0 saturated heterocycles. The molecule has 36 heavy (non-hydrogen) atoms. The molecule has 0 fully saturated rings. The smallest absolute Gasteiger partial charge is 0.433 e. The number of rotatable bonds is 7. The van der Waals surface area contributed by atoms with Crippen molar-refractivity contribution in [2.24, 2.45) is 5.10 Å². The summed E-state index contributed by atoms with van der Waals surface area (Å²) in [6, 6.07) is 22.3. The van der Waals surface area contributed by atoms with Gasteiger partial charge in [-0.2, -0.15) is 10.1 Å². The Morgan fingerprint density at radius 3 is 2.53 bits per heavy atom. The number of hydrogen-bond acceptors (Lipinski definition) is 8. The lowest BCUT2D eigenvalue weighted by molar-refractivity contribution is -0.402. The van der Waals surface area contributed by atoms with E-state index in [9.17, 15) is 19.3 Å². The number of amides is 1. The first kappa shape index (κ1) is 22.9. The standard InChI is InChI=1S/C25H15FN4O5S/c26-17-8-12-21-22(14-17)36-25(28-21)29(27-15-20-11-13-23(35-20)30(32)33)24(31)16-6-9-19(10-7-16)34-18-4-2-1-3-5-18/h1-15H/b27-15+. The summed E-state index contributed by atoms with van der Waals surface area (Å²) in [4.78, 5) is 28.0. The molecule has 0 atom stereocenters. The number of benzene rings is 3. The molecular formula is C25H15FN4O5S. The lowest BCUT2D eigenvalue weighted by Crippen LogP contribution is -2.25. The van der Waals surface area contributed by atoms with Crippen molar-refractivity contribution in [2.75, 3.05) is 5.01 Å². The maximum Gasteiger partial charge on any atom is 0.433 e. The van der Waals surface area contributed by atoms with E-state index in [1.807, 2.05) is 30.3 Å². The number of furan rings is 1. The molecule has 5 rings (SSSR count). The first-order chi connectivity index (χ1) is 17.5. The van der Waals surface area contributed by atoms with Gasteiger partial charge in [-0.1, -0.05) is 29.5 Å². The fourth-order valence-corrected chi connectivity index (χ4v) is 4.15. The summed E-state index contributed by atoms with van der Waals surface area (Å²) >= 11 is 1.07. The largest absolute Gasteiger partial charge is 0.457 e. The van der Waals surface area contributed by atoms with E-state index in [-0.39, 0.29) is 16.5 Å². The van der Waals surface area contributed by atoms with Crippen LogP contribution in [-0.4, -0.2) is 22.0 Å². The minimum atomic E-state index is -0.679. The molecule has 2 aromatic heterocycles. The number of aromatic nitrogens is 1. The van der Waals surface area contributed by atoms with Gasteiger partial charge >= 0.3 is 5.88 Å². The minimum Gasteiger partial charge on any atom is -0.457 e. The van der Waals surface area contributed by atoms with Crippen LogP contribution < -0.4 is 9.75 Å². The van der Waals surface area contributed by atoms with Crippen molar-refractivity contribution in [1.82, 2.24) is 4.98 Å². The van der Waals surface area contributed by atoms with E-state index in [2.05, 4.69) is 10.1 Å². The maximum atomic E-state index is 13.7. The Kier molecular flexibility index (Phi) is 6.20. The molecule has 0 aliphatic heterocycles. The van der Waals surface area contributed by atoms with Gasteiger partial charge in [-0.25, -0.2) is 9.37 Å². The quantitative estimate of drug-likeness (QED) is 0.144. The third-order valence-corrected chi connectivity index (χ3v) is 5.88. The van der Waals surface area contributed by atoms with Crippen LogP contribution in [0.25, 0.3) is 10.2 Å². The number of halogens is 1. The van der Waals surface area contributed by atoms with Crippen LogP contribution in [0.1, 0.15) is 16.1 Å². The second-order valence-electron chi connectivity index (χ2n) is 7.34. The summed E-state index contributed by atoms with van der Waals surface area (Å²) in [5.41, 5.74) is 0.771. The van der Waals surface area contributed by atoms with Crippen LogP contribution in [0.5, 0.6) is 11.5 Å². The highest BCUT2D eigenvalue weighted by Crippen LogP contribution is 2.31. The maximum absolute atomic E-state index is 13.7. The normalized spacial score (nSPS) is 11.1. The lowest BCUT2D eigenvalue weighted by Gasteiger charge is -2.14. The van der Waals surface area contributed by atoms with Gasteiger partial charge in [-0.05, 0) is 60.7 Å². The van der Waals surface area contributed by atoms with E-state index >= 15 is 0 Å². The molecule has 0 N–H and O–H groups in total. The van der Waals surface area contributed by atoms with E-state index in [1.165, 1.54) is 36.5 Å². The van der Waals surface area contributed by atoms with Gasteiger partial charge in [0.25, 0.3) is 5.91 Å². The van der Waals surface area contributed by atoms with Crippen LogP contribution in [-0.2, 0) is 0 Å². The van der Waals surface area contributed by atoms with E-state index in [0.717, 1.165) is 16.3 Å². The lowest BCUT2D eigenvalue weighted by atomic mass is 10.2. The summed E-state index contributed by atoms with van der Waals surface area (Å²) in [5, 5.41) is 16.3. The Bertz CT molecular complexity index is 1580. The van der Waals surface area contributed by atoms with Gasteiger partial charge in [0.05, 0.1) is 22.5 Å². The van der Waals surface area contributed by atoms with Crippen molar-refractivity contribution < 1.29 is 23.3 Å². The number of anilines is 1. The van der Waals surface area contributed by atoms with E-state index in [1.54, 1.807) is 24.3 Å².